The third kappa shape index (κ3) is 4.25. The number of hydrogen-bond donors (Lipinski definition) is 0. The van der Waals surface area contributed by atoms with Gasteiger partial charge in [-0.05, 0) is 37.8 Å². The van der Waals surface area contributed by atoms with Crippen molar-refractivity contribution in [2.24, 2.45) is 5.92 Å². The molecular formula is C19H26N4O2. The van der Waals surface area contributed by atoms with Gasteiger partial charge in [0.1, 0.15) is 5.82 Å². The van der Waals surface area contributed by atoms with Gasteiger partial charge in [-0.1, -0.05) is 0 Å². The van der Waals surface area contributed by atoms with E-state index in [0.29, 0.717) is 18.9 Å². The molecule has 0 aliphatic carbocycles. The molecule has 1 fully saturated rings. The summed E-state index contributed by atoms with van der Waals surface area (Å²) in [6, 6.07) is 3.97. The second kappa shape index (κ2) is 8.25. The van der Waals surface area contributed by atoms with E-state index in [1.54, 1.807) is 19.5 Å². The second-order valence-electron chi connectivity index (χ2n) is 6.66. The van der Waals surface area contributed by atoms with Crippen LogP contribution in [0.15, 0.2) is 30.7 Å². The molecule has 1 atom stereocenters. The van der Waals surface area contributed by atoms with Crippen LogP contribution in [-0.2, 0) is 16.1 Å². The Labute approximate surface area is 148 Å². The molecule has 1 aliphatic rings. The summed E-state index contributed by atoms with van der Waals surface area (Å²) in [4.78, 5) is 22.9. The fourth-order valence-electron chi connectivity index (χ4n) is 3.47. The van der Waals surface area contributed by atoms with Gasteiger partial charge in [-0.15, -0.1) is 0 Å². The third-order valence-corrected chi connectivity index (χ3v) is 4.83. The van der Waals surface area contributed by atoms with E-state index in [0.717, 1.165) is 49.6 Å². The van der Waals surface area contributed by atoms with E-state index in [9.17, 15) is 4.79 Å². The summed E-state index contributed by atoms with van der Waals surface area (Å²) < 4.78 is 7.30. The standard InChI is InChI=1S/C19H26N4O2/c1-15-12-21-19(17-5-8-20-9-6-17)23(15)14-16-4-3-10-22(13-16)18(24)7-11-25-2/h5-6,8-9,12,16H,3-4,7,10-11,13-14H2,1-2H3. The lowest BCUT2D eigenvalue weighted by molar-refractivity contribution is -0.134. The van der Waals surface area contributed by atoms with Crippen LogP contribution in [-0.4, -0.2) is 52.1 Å². The number of hydrogen-bond acceptors (Lipinski definition) is 4. The summed E-state index contributed by atoms with van der Waals surface area (Å²) in [6.45, 7) is 5.14. The van der Waals surface area contributed by atoms with Gasteiger partial charge in [0.2, 0.25) is 5.91 Å². The highest BCUT2D eigenvalue weighted by Gasteiger charge is 2.24. The maximum atomic E-state index is 12.3. The quantitative estimate of drug-likeness (QED) is 0.809. The molecule has 134 valence electrons. The molecule has 2 aromatic heterocycles. The summed E-state index contributed by atoms with van der Waals surface area (Å²) in [5.74, 6) is 1.62. The van der Waals surface area contributed by atoms with E-state index in [4.69, 9.17) is 4.74 Å². The Kier molecular flexibility index (Phi) is 5.81. The Morgan fingerprint density at radius 3 is 2.92 bits per heavy atom. The molecule has 0 bridgehead atoms. The zero-order valence-electron chi connectivity index (χ0n) is 15.0. The van der Waals surface area contributed by atoms with Gasteiger partial charge in [-0.25, -0.2) is 4.98 Å². The van der Waals surface area contributed by atoms with E-state index in [-0.39, 0.29) is 5.91 Å². The third-order valence-electron chi connectivity index (χ3n) is 4.83. The van der Waals surface area contributed by atoms with Gasteiger partial charge in [0.05, 0.1) is 13.0 Å². The van der Waals surface area contributed by atoms with Crippen molar-refractivity contribution in [2.75, 3.05) is 26.8 Å². The Morgan fingerprint density at radius 2 is 2.16 bits per heavy atom. The first-order valence-electron chi connectivity index (χ1n) is 8.88. The SMILES string of the molecule is COCCC(=O)N1CCCC(Cn2c(C)cnc2-c2ccncc2)C1. The van der Waals surface area contributed by atoms with Crippen molar-refractivity contribution < 1.29 is 9.53 Å². The van der Waals surface area contributed by atoms with Crippen LogP contribution in [0.5, 0.6) is 0 Å². The highest BCUT2D eigenvalue weighted by Crippen LogP contribution is 2.24. The van der Waals surface area contributed by atoms with Gasteiger partial charge in [0.25, 0.3) is 0 Å². The Hall–Kier alpha value is -2.21. The molecule has 25 heavy (non-hydrogen) atoms. The second-order valence-corrected chi connectivity index (χ2v) is 6.66. The normalized spacial score (nSPS) is 17.7. The van der Waals surface area contributed by atoms with Crippen LogP contribution in [0.2, 0.25) is 0 Å². The van der Waals surface area contributed by atoms with Crippen LogP contribution < -0.4 is 0 Å². The first-order valence-corrected chi connectivity index (χ1v) is 8.88. The number of likely N-dealkylation sites (tertiary alicyclic amines) is 1. The predicted molar refractivity (Wildman–Crippen MR) is 96.0 cm³/mol. The topological polar surface area (TPSA) is 60.2 Å². The number of nitrogens with zero attached hydrogens (tertiary/aromatic N) is 4. The number of imidazole rings is 1. The molecule has 1 amide bonds. The maximum Gasteiger partial charge on any atom is 0.224 e. The number of carbonyl (C=O) groups excluding carboxylic acids is 1. The van der Waals surface area contributed by atoms with Crippen molar-refractivity contribution in [3.05, 3.63) is 36.4 Å². The molecular weight excluding hydrogens is 316 g/mol. The minimum Gasteiger partial charge on any atom is -0.384 e. The molecule has 1 unspecified atom stereocenters. The summed E-state index contributed by atoms with van der Waals surface area (Å²) in [5.41, 5.74) is 2.22. The Balaban J connectivity index is 1.70. The number of piperidine rings is 1. The highest BCUT2D eigenvalue weighted by molar-refractivity contribution is 5.76. The number of carbonyl (C=O) groups is 1. The lowest BCUT2D eigenvalue weighted by Gasteiger charge is -2.33. The average Bonchev–Trinajstić information content (AvgIpc) is 3.01. The molecule has 0 spiro atoms. The number of rotatable bonds is 6. The number of ether oxygens (including phenoxy) is 1. The monoisotopic (exact) mass is 342 g/mol. The van der Waals surface area contributed by atoms with Gasteiger partial charge in [0.15, 0.2) is 0 Å². The molecule has 0 saturated carbocycles. The summed E-state index contributed by atoms with van der Waals surface area (Å²) in [7, 11) is 1.63. The molecule has 3 rings (SSSR count). The van der Waals surface area contributed by atoms with Crippen molar-refractivity contribution in [1.82, 2.24) is 19.4 Å². The van der Waals surface area contributed by atoms with Gasteiger partial charge >= 0.3 is 0 Å². The average molecular weight is 342 g/mol. The first kappa shape index (κ1) is 17.6. The molecule has 0 N–H and O–H groups in total. The van der Waals surface area contributed by atoms with Gasteiger partial charge < -0.3 is 14.2 Å². The molecule has 1 saturated heterocycles. The fourth-order valence-corrected chi connectivity index (χ4v) is 3.47. The molecule has 0 radical (unpaired) electrons. The van der Waals surface area contributed by atoms with Crippen molar-refractivity contribution in [2.45, 2.75) is 32.7 Å². The lowest BCUT2D eigenvalue weighted by Crippen LogP contribution is -2.41. The van der Waals surface area contributed by atoms with Crippen molar-refractivity contribution >= 4 is 5.91 Å². The van der Waals surface area contributed by atoms with E-state index in [2.05, 4.69) is 21.5 Å². The smallest absolute Gasteiger partial charge is 0.224 e. The fraction of sp³-hybridized carbons (Fsp3) is 0.526. The van der Waals surface area contributed by atoms with Crippen LogP contribution in [0.4, 0.5) is 0 Å². The molecule has 3 heterocycles. The highest BCUT2D eigenvalue weighted by atomic mass is 16.5. The van der Waals surface area contributed by atoms with Gasteiger partial charge in [-0.2, -0.15) is 0 Å². The van der Waals surface area contributed by atoms with Crippen LogP contribution in [0, 0.1) is 12.8 Å². The van der Waals surface area contributed by atoms with Gasteiger partial charge in [0, 0.05) is 56.6 Å². The van der Waals surface area contributed by atoms with Gasteiger partial charge in [-0.3, -0.25) is 9.78 Å². The number of methoxy groups -OCH3 is 1. The van der Waals surface area contributed by atoms with Crippen molar-refractivity contribution in [1.29, 1.82) is 0 Å². The van der Waals surface area contributed by atoms with E-state index >= 15 is 0 Å². The summed E-state index contributed by atoms with van der Waals surface area (Å²) >= 11 is 0. The van der Waals surface area contributed by atoms with E-state index < -0.39 is 0 Å². The van der Waals surface area contributed by atoms with Crippen LogP contribution >= 0.6 is 0 Å². The lowest BCUT2D eigenvalue weighted by atomic mass is 9.97. The van der Waals surface area contributed by atoms with Crippen molar-refractivity contribution in [3.63, 3.8) is 0 Å². The zero-order valence-corrected chi connectivity index (χ0v) is 15.0. The predicted octanol–water partition coefficient (Wildman–Crippen LogP) is 2.53. The Morgan fingerprint density at radius 1 is 1.36 bits per heavy atom. The number of aryl methyl sites for hydroxylation is 1. The maximum absolute atomic E-state index is 12.3. The van der Waals surface area contributed by atoms with Crippen LogP contribution in [0.25, 0.3) is 11.4 Å². The summed E-state index contributed by atoms with van der Waals surface area (Å²) in [5, 5.41) is 0. The Bertz CT molecular complexity index is 699. The molecule has 2 aromatic rings. The minimum atomic E-state index is 0.197. The van der Waals surface area contributed by atoms with Crippen LogP contribution in [0.1, 0.15) is 25.0 Å². The number of aromatic nitrogens is 3. The zero-order chi connectivity index (χ0) is 17.6. The number of amides is 1. The van der Waals surface area contributed by atoms with Crippen LogP contribution in [0.3, 0.4) is 0 Å². The first-order chi connectivity index (χ1) is 12.2. The van der Waals surface area contributed by atoms with E-state index in [1.165, 1.54) is 0 Å². The largest absolute Gasteiger partial charge is 0.384 e. The van der Waals surface area contributed by atoms with Crippen molar-refractivity contribution in [3.8, 4) is 11.4 Å². The van der Waals surface area contributed by atoms with E-state index in [1.807, 2.05) is 23.2 Å². The minimum absolute atomic E-state index is 0.197. The molecule has 1 aliphatic heterocycles. The summed E-state index contributed by atoms with van der Waals surface area (Å²) in [6.07, 6.45) is 8.17. The number of pyridine rings is 1. The molecule has 0 aromatic carbocycles. The molecule has 6 nitrogen and oxygen atoms in total. The molecule has 6 heteroatoms.